The van der Waals surface area contributed by atoms with E-state index in [2.05, 4.69) is 16.0 Å². The number of rotatable bonds is 1. The molecule has 1 aliphatic heterocycles. The average Bonchev–Trinajstić information content (AvgIpc) is 2.81. The second-order valence-corrected chi connectivity index (χ2v) is 6.11. The number of nitrogens with zero attached hydrogens (tertiary/aromatic N) is 1. The summed E-state index contributed by atoms with van der Waals surface area (Å²) in [6, 6.07) is 11.4. The number of piperidine rings is 1. The van der Waals surface area contributed by atoms with Gasteiger partial charge in [-0.25, -0.2) is 4.39 Å². The molecular formula is C17H16ClFN2. The third-order valence-corrected chi connectivity index (χ3v) is 4.64. The van der Waals surface area contributed by atoms with Gasteiger partial charge in [0.15, 0.2) is 0 Å². The molecule has 4 rings (SSSR count). The topological polar surface area (TPSA) is 17.0 Å². The molecule has 1 N–H and O–H groups in total. The van der Waals surface area contributed by atoms with Crippen molar-refractivity contribution in [3.05, 3.63) is 47.2 Å². The van der Waals surface area contributed by atoms with Gasteiger partial charge in [-0.1, -0.05) is 11.6 Å². The monoisotopic (exact) mass is 302 g/mol. The number of nitrogens with one attached hydrogen (secondary N) is 1. The molecular weight excluding hydrogens is 287 g/mol. The molecule has 0 amide bonds. The summed E-state index contributed by atoms with van der Waals surface area (Å²) in [6.07, 6.45) is 2.19. The van der Waals surface area contributed by atoms with Crippen LogP contribution in [0.4, 0.5) is 4.39 Å². The largest absolute Gasteiger partial charge is 0.337 e. The van der Waals surface area contributed by atoms with E-state index < -0.39 is 0 Å². The first-order valence-electron chi connectivity index (χ1n) is 7.33. The highest BCUT2D eigenvalue weighted by Crippen LogP contribution is 2.36. The van der Waals surface area contributed by atoms with Crippen molar-refractivity contribution in [2.24, 2.45) is 0 Å². The number of halogens is 2. The fourth-order valence-electron chi connectivity index (χ4n) is 3.46. The van der Waals surface area contributed by atoms with Gasteiger partial charge in [-0.05, 0) is 62.3 Å². The fraction of sp³-hybridized carbons (Fsp3) is 0.294. The van der Waals surface area contributed by atoms with Gasteiger partial charge in [-0.15, -0.1) is 0 Å². The molecule has 0 unspecified atom stereocenters. The lowest BCUT2D eigenvalue weighted by molar-refractivity contribution is 0.383. The molecule has 2 heterocycles. The summed E-state index contributed by atoms with van der Waals surface area (Å²) in [5.41, 5.74) is 2.24. The molecule has 0 bridgehead atoms. The summed E-state index contributed by atoms with van der Waals surface area (Å²) >= 11 is 6.14. The lowest BCUT2D eigenvalue weighted by atomic mass is 10.1. The van der Waals surface area contributed by atoms with E-state index in [0.717, 1.165) is 47.7 Å². The first-order chi connectivity index (χ1) is 10.2. The van der Waals surface area contributed by atoms with Gasteiger partial charge in [0.05, 0.1) is 0 Å². The second-order valence-electron chi connectivity index (χ2n) is 5.67. The summed E-state index contributed by atoms with van der Waals surface area (Å²) in [4.78, 5) is 0. The fourth-order valence-corrected chi connectivity index (χ4v) is 3.63. The van der Waals surface area contributed by atoms with Crippen LogP contribution in [0.2, 0.25) is 5.02 Å². The van der Waals surface area contributed by atoms with Crippen molar-refractivity contribution in [3.8, 4) is 0 Å². The van der Waals surface area contributed by atoms with Crippen molar-refractivity contribution in [3.63, 3.8) is 0 Å². The van der Waals surface area contributed by atoms with Crippen LogP contribution in [0.1, 0.15) is 18.9 Å². The Morgan fingerprint density at radius 3 is 2.43 bits per heavy atom. The minimum absolute atomic E-state index is 0.202. The smallest absolute Gasteiger partial charge is 0.123 e. The van der Waals surface area contributed by atoms with Crippen LogP contribution in [0, 0.1) is 5.82 Å². The highest BCUT2D eigenvalue weighted by atomic mass is 35.5. The van der Waals surface area contributed by atoms with Crippen molar-refractivity contribution >= 4 is 33.4 Å². The zero-order valence-corrected chi connectivity index (χ0v) is 12.3. The van der Waals surface area contributed by atoms with Gasteiger partial charge < -0.3 is 9.88 Å². The minimum Gasteiger partial charge on any atom is -0.337 e. The molecule has 3 aromatic rings. The van der Waals surface area contributed by atoms with Gasteiger partial charge in [0.25, 0.3) is 0 Å². The van der Waals surface area contributed by atoms with E-state index in [-0.39, 0.29) is 5.82 Å². The Labute approximate surface area is 127 Å². The molecule has 0 atom stereocenters. The molecule has 2 nitrogen and oxygen atoms in total. The summed E-state index contributed by atoms with van der Waals surface area (Å²) in [6.45, 7) is 2.06. The van der Waals surface area contributed by atoms with Crippen molar-refractivity contribution < 1.29 is 4.39 Å². The van der Waals surface area contributed by atoms with Gasteiger partial charge in [-0.3, -0.25) is 0 Å². The number of aromatic nitrogens is 1. The van der Waals surface area contributed by atoms with E-state index in [0.29, 0.717) is 11.1 Å². The summed E-state index contributed by atoms with van der Waals surface area (Å²) in [5, 5.41) is 6.07. The second kappa shape index (κ2) is 5.00. The van der Waals surface area contributed by atoms with Crippen LogP contribution in [0.25, 0.3) is 21.8 Å². The lowest BCUT2D eigenvalue weighted by Crippen LogP contribution is -2.29. The van der Waals surface area contributed by atoms with E-state index in [1.54, 1.807) is 12.1 Å². The Kier molecular flexibility index (Phi) is 3.12. The summed E-state index contributed by atoms with van der Waals surface area (Å²) in [5.74, 6) is -0.202. The third kappa shape index (κ3) is 2.12. The molecule has 1 saturated heterocycles. The molecule has 0 aliphatic carbocycles. The highest BCUT2D eigenvalue weighted by molar-refractivity contribution is 6.31. The zero-order chi connectivity index (χ0) is 14.4. The number of benzene rings is 2. The first-order valence-corrected chi connectivity index (χ1v) is 7.71. The molecule has 21 heavy (non-hydrogen) atoms. The van der Waals surface area contributed by atoms with Crippen molar-refractivity contribution in [2.45, 2.75) is 18.9 Å². The molecule has 1 aliphatic rings. The predicted molar refractivity (Wildman–Crippen MR) is 85.6 cm³/mol. The van der Waals surface area contributed by atoms with Crippen LogP contribution < -0.4 is 5.32 Å². The van der Waals surface area contributed by atoms with Crippen LogP contribution in [0.5, 0.6) is 0 Å². The summed E-state index contributed by atoms with van der Waals surface area (Å²) < 4.78 is 16.0. The van der Waals surface area contributed by atoms with E-state index in [1.807, 2.05) is 18.2 Å². The Morgan fingerprint density at radius 2 is 1.67 bits per heavy atom. The summed E-state index contributed by atoms with van der Waals surface area (Å²) in [7, 11) is 0. The third-order valence-electron chi connectivity index (χ3n) is 4.40. The Hall–Kier alpha value is -1.58. The van der Waals surface area contributed by atoms with E-state index in [4.69, 9.17) is 11.6 Å². The van der Waals surface area contributed by atoms with Crippen molar-refractivity contribution in [1.29, 1.82) is 0 Å². The molecule has 0 saturated carbocycles. The maximum absolute atomic E-state index is 13.7. The van der Waals surface area contributed by atoms with Gasteiger partial charge >= 0.3 is 0 Å². The number of fused-ring (bicyclic) bond motifs is 3. The zero-order valence-electron chi connectivity index (χ0n) is 11.6. The lowest BCUT2D eigenvalue weighted by Gasteiger charge is -2.26. The SMILES string of the molecule is Fc1ccc2c(c1)c1cc(Cl)ccc1n2C1CCNCC1. The minimum atomic E-state index is -0.202. The highest BCUT2D eigenvalue weighted by Gasteiger charge is 2.20. The normalized spacial score (nSPS) is 16.9. The van der Waals surface area contributed by atoms with Gasteiger partial charge in [0.2, 0.25) is 0 Å². The van der Waals surface area contributed by atoms with Gasteiger partial charge in [-0.2, -0.15) is 0 Å². The van der Waals surface area contributed by atoms with Crippen molar-refractivity contribution in [2.75, 3.05) is 13.1 Å². The standard InChI is InChI=1S/C17H16ClFN2/c18-11-1-3-16-14(9-11)15-10-12(19)2-4-17(15)21(16)13-5-7-20-8-6-13/h1-4,9-10,13,20H,5-8H2. The quantitative estimate of drug-likeness (QED) is 0.700. The molecule has 108 valence electrons. The van der Waals surface area contributed by atoms with Crippen LogP contribution >= 0.6 is 11.6 Å². The van der Waals surface area contributed by atoms with Crippen molar-refractivity contribution in [1.82, 2.24) is 9.88 Å². The Morgan fingerprint density at radius 1 is 1.00 bits per heavy atom. The predicted octanol–water partition coefficient (Wildman–Crippen LogP) is 4.51. The molecule has 1 aromatic heterocycles. The molecule has 2 aromatic carbocycles. The Balaban J connectivity index is 2.06. The maximum atomic E-state index is 13.7. The maximum Gasteiger partial charge on any atom is 0.123 e. The average molecular weight is 303 g/mol. The van der Waals surface area contributed by atoms with Crippen LogP contribution in [0.3, 0.4) is 0 Å². The van der Waals surface area contributed by atoms with Crippen LogP contribution in [-0.2, 0) is 0 Å². The number of hydrogen-bond donors (Lipinski definition) is 1. The van der Waals surface area contributed by atoms with Crippen LogP contribution in [-0.4, -0.2) is 17.7 Å². The van der Waals surface area contributed by atoms with Crippen LogP contribution in [0.15, 0.2) is 36.4 Å². The van der Waals surface area contributed by atoms with E-state index in [1.165, 1.54) is 0 Å². The number of hydrogen-bond acceptors (Lipinski definition) is 1. The van der Waals surface area contributed by atoms with E-state index >= 15 is 0 Å². The first kappa shape index (κ1) is 13.1. The van der Waals surface area contributed by atoms with E-state index in [9.17, 15) is 4.39 Å². The molecule has 0 radical (unpaired) electrons. The Bertz CT molecular complexity index is 759. The van der Waals surface area contributed by atoms with Gasteiger partial charge in [0.1, 0.15) is 5.82 Å². The van der Waals surface area contributed by atoms with Gasteiger partial charge in [0, 0.05) is 32.9 Å². The molecule has 4 heteroatoms. The molecule has 0 spiro atoms. The molecule has 1 fully saturated rings.